The fourth-order valence-corrected chi connectivity index (χ4v) is 2.72. The molecular weight excluding hydrogens is 245 g/mol. The van der Waals surface area contributed by atoms with E-state index >= 15 is 0 Å². The molecule has 2 N–H and O–H groups in total. The minimum absolute atomic E-state index is 0.220. The number of aryl methyl sites for hydroxylation is 1. The van der Waals surface area contributed by atoms with Crippen molar-refractivity contribution in [3.05, 3.63) is 35.1 Å². The molecule has 0 aliphatic heterocycles. The molecule has 1 atom stereocenters. The van der Waals surface area contributed by atoms with Crippen molar-refractivity contribution >= 4 is 5.97 Å². The first-order valence-electron chi connectivity index (χ1n) is 6.83. The summed E-state index contributed by atoms with van der Waals surface area (Å²) in [5, 5.41) is 12.6. The quantitative estimate of drug-likeness (QED) is 0.879. The minimum atomic E-state index is -0.945. The van der Waals surface area contributed by atoms with Gasteiger partial charge in [-0.05, 0) is 43.0 Å². The molecule has 3 nitrogen and oxygen atoms in total. The van der Waals surface area contributed by atoms with Crippen LogP contribution in [0.1, 0.15) is 49.3 Å². The average Bonchev–Trinajstić information content (AvgIpc) is 2.40. The van der Waals surface area contributed by atoms with E-state index in [2.05, 4.69) is 5.32 Å². The van der Waals surface area contributed by atoms with E-state index in [4.69, 9.17) is 0 Å². The number of aliphatic carboxylic acids is 1. The van der Waals surface area contributed by atoms with Crippen molar-refractivity contribution in [1.29, 1.82) is 0 Å². The van der Waals surface area contributed by atoms with Gasteiger partial charge in [-0.25, -0.2) is 4.39 Å². The van der Waals surface area contributed by atoms with Crippen LogP contribution in [-0.4, -0.2) is 17.1 Å². The molecule has 1 aromatic rings. The van der Waals surface area contributed by atoms with E-state index in [1.165, 1.54) is 18.6 Å². The molecule has 4 heteroatoms. The molecule has 1 saturated carbocycles. The molecule has 1 aliphatic rings. The van der Waals surface area contributed by atoms with Gasteiger partial charge in [0.15, 0.2) is 0 Å². The van der Waals surface area contributed by atoms with Crippen LogP contribution in [0, 0.1) is 12.7 Å². The highest BCUT2D eigenvalue weighted by Gasteiger charge is 2.26. The normalized spacial score (nSPS) is 18.2. The lowest BCUT2D eigenvalue weighted by Gasteiger charge is -2.27. The van der Waals surface area contributed by atoms with Crippen molar-refractivity contribution in [3.63, 3.8) is 0 Å². The maximum atomic E-state index is 13.3. The van der Waals surface area contributed by atoms with Crippen LogP contribution in [0.3, 0.4) is 0 Å². The van der Waals surface area contributed by atoms with E-state index in [0.29, 0.717) is 5.56 Å². The zero-order valence-corrected chi connectivity index (χ0v) is 11.2. The summed E-state index contributed by atoms with van der Waals surface area (Å²) in [6.45, 7) is 1.81. The van der Waals surface area contributed by atoms with Gasteiger partial charge < -0.3 is 5.11 Å². The molecule has 0 amide bonds. The first-order chi connectivity index (χ1) is 9.08. The lowest BCUT2D eigenvalue weighted by molar-refractivity contribution is -0.140. The van der Waals surface area contributed by atoms with Crippen molar-refractivity contribution in [3.8, 4) is 0 Å². The number of carboxylic acid groups (broad SMARTS) is 1. The number of carbonyl (C=O) groups is 1. The number of halogens is 1. The van der Waals surface area contributed by atoms with Crippen molar-refractivity contribution in [1.82, 2.24) is 5.32 Å². The Labute approximate surface area is 112 Å². The van der Waals surface area contributed by atoms with Gasteiger partial charge in [0.1, 0.15) is 11.9 Å². The van der Waals surface area contributed by atoms with Crippen LogP contribution in [0.2, 0.25) is 0 Å². The number of hydrogen-bond donors (Lipinski definition) is 2. The van der Waals surface area contributed by atoms with Crippen LogP contribution >= 0.6 is 0 Å². The average molecular weight is 265 g/mol. The fourth-order valence-electron chi connectivity index (χ4n) is 2.72. The van der Waals surface area contributed by atoms with E-state index in [-0.39, 0.29) is 6.04 Å². The molecule has 2 rings (SSSR count). The fraction of sp³-hybridized carbons (Fsp3) is 0.533. The van der Waals surface area contributed by atoms with Crippen LogP contribution < -0.4 is 5.32 Å². The summed E-state index contributed by atoms with van der Waals surface area (Å²) in [5.41, 5.74) is 1.33. The summed E-state index contributed by atoms with van der Waals surface area (Å²) in [6, 6.07) is 3.71. The molecule has 0 radical (unpaired) electrons. The Morgan fingerprint density at radius 2 is 2.05 bits per heavy atom. The molecule has 0 heterocycles. The van der Waals surface area contributed by atoms with Gasteiger partial charge in [-0.15, -0.1) is 0 Å². The zero-order valence-electron chi connectivity index (χ0n) is 11.2. The first kappa shape index (κ1) is 14.0. The third-order valence-corrected chi connectivity index (χ3v) is 3.81. The van der Waals surface area contributed by atoms with Crippen molar-refractivity contribution in [2.24, 2.45) is 0 Å². The van der Waals surface area contributed by atoms with Gasteiger partial charge in [-0.2, -0.15) is 0 Å². The van der Waals surface area contributed by atoms with Crippen molar-refractivity contribution in [2.75, 3.05) is 0 Å². The van der Waals surface area contributed by atoms with Gasteiger partial charge in [-0.1, -0.05) is 25.3 Å². The maximum absolute atomic E-state index is 13.3. The van der Waals surface area contributed by atoms with Gasteiger partial charge in [0, 0.05) is 6.04 Å². The molecule has 0 spiro atoms. The number of carboxylic acids is 1. The largest absolute Gasteiger partial charge is 0.480 e. The maximum Gasteiger partial charge on any atom is 0.325 e. The first-order valence-corrected chi connectivity index (χ1v) is 6.83. The van der Waals surface area contributed by atoms with Crippen LogP contribution in [-0.2, 0) is 4.79 Å². The summed E-state index contributed by atoms with van der Waals surface area (Å²) < 4.78 is 13.3. The van der Waals surface area contributed by atoms with Crippen LogP contribution in [0.5, 0.6) is 0 Å². The number of hydrogen-bond acceptors (Lipinski definition) is 2. The van der Waals surface area contributed by atoms with E-state index < -0.39 is 17.8 Å². The van der Waals surface area contributed by atoms with Crippen LogP contribution in [0.15, 0.2) is 18.2 Å². The smallest absolute Gasteiger partial charge is 0.325 e. The lowest BCUT2D eigenvalue weighted by Crippen LogP contribution is -2.38. The topological polar surface area (TPSA) is 49.3 Å². The van der Waals surface area contributed by atoms with E-state index in [1.807, 2.05) is 6.92 Å². The van der Waals surface area contributed by atoms with Gasteiger partial charge in [0.05, 0.1) is 0 Å². The summed E-state index contributed by atoms with van der Waals surface area (Å²) >= 11 is 0. The number of nitrogens with one attached hydrogen (secondary N) is 1. The summed E-state index contributed by atoms with van der Waals surface area (Å²) in [4.78, 5) is 11.5. The molecule has 0 saturated heterocycles. The van der Waals surface area contributed by atoms with E-state index in [9.17, 15) is 14.3 Å². The zero-order chi connectivity index (χ0) is 13.8. The Bertz CT molecular complexity index is 455. The molecule has 104 valence electrons. The third-order valence-electron chi connectivity index (χ3n) is 3.81. The molecule has 1 aromatic carbocycles. The Kier molecular flexibility index (Phi) is 4.53. The number of rotatable bonds is 4. The molecule has 0 aromatic heterocycles. The molecular formula is C15H20FNO2. The predicted molar refractivity (Wildman–Crippen MR) is 71.5 cm³/mol. The second-order valence-electron chi connectivity index (χ2n) is 5.27. The highest BCUT2D eigenvalue weighted by Crippen LogP contribution is 2.24. The number of benzene rings is 1. The molecule has 1 aliphatic carbocycles. The Hall–Kier alpha value is -1.42. The second kappa shape index (κ2) is 6.15. The summed E-state index contributed by atoms with van der Waals surface area (Å²) in [5.74, 6) is -1.34. The monoisotopic (exact) mass is 265 g/mol. The molecule has 0 bridgehead atoms. The highest BCUT2D eigenvalue weighted by atomic mass is 19.1. The third kappa shape index (κ3) is 3.53. The molecule has 19 heavy (non-hydrogen) atoms. The van der Waals surface area contributed by atoms with Crippen LogP contribution in [0.25, 0.3) is 0 Å². The highest BCUT2D eigenvalue weighted by molar-refractivity contribution is 5.76. The predicted octanol–water partition coefficient (Wildman–Crippen LogP) is 3.18. The Morgan fingerprint density at radius 1 is 1.37 bits per heavy atom. The minimum Gasteiger partial charge on any atom is -0.480 e. The molecule has 1 fully saturated rings. The van der Waals surface area contributed by atoms with Gasteiger partial charge in [-0.3, -0.25) is 10.1 Å². The summed E-state index contributed by atoms with van der Waals surface area (Å²) in [7, 11) is 0. The SMILES string of the molecule is Cc1ccc(F)cc1C(NC1CCCCC1)C(=O)O. The van der Waals surface area contributed by atoms with Gasteiger partial charge in [0.25, 0.3) is 0 Å². The Balaban J connectivity index is 2.19. The van der Waals surface area contributed by atoms with E-state index in [1.54, 1.807) is 6.07 Å². The van der Waals surface area contributed by atoms with E-state index in [0.717, 1.165) is 31.2 Å². The summed E-state index contributed by atoms with van der Waals surface area (Å²) in [6.07, 6.45) is 5.48. The lowest BCUT2D eigenvalue weighted by atomic mass is 9.93. The van der Waals surface area contributed by atoms with Crippen molar-refractivity contribution in [2.45, 2.75) is 51.1 Å². The van der Waals surface area contributed by atoms with Gasteiger partial charge >= 0.3 is 5.97 Å². The molecule has 1 unspecified atom stereocenters. The van der Waals surface area contributed by atoms with Gasteiger partial charge in [0.2, 0.25) is 0 Å². The van der Waals surface area contributed by atoms with Crippen molar-refractivity contribution < 1.29 is 14.3 Å². The second-order valence-corrected chi connectivity index (χ2v) is 5.27. The van der Waals surface area contributed by atoms with Crippen LogP contribution in [0.4, 0.5) is 4.39 Å². The standard InChI is InChI=1S/C15H20FNO2/c1-10-7-8-11(16)9-13(10)14(15(18)19)17-12-5-3-2-4-6-12/h7-9,12,14,17H,2-6H2,1H3,(H,18,19). The Morgan fingerprint density at radius 3 is 2.68 bits per heavy atom.